The van der Waals surface area contributed by atoms with Gasteiger partial charge in [-0.15, -0.1) is 11.3 Å². The first-order chi connectivity index (χ1) is 10.6. The normalized spacial score (nSPS) is 14.2. The van der Waals surface area contributed by atoms with E-state index in [1.54, 1.807) is 11.3 Å². The number of nitrogens with zero attached hydrogens (tertiary/aromatic N) is 3. The quantitative estimate of drug-likeness (QED) is 0.908. The highest BCUT2D eigenvalue weighted by Crippen LogP contribution is 2.26. The predicted octanol–water partition coefficient (Wildman–Crippen LogP) is 3.93. The van der Waals surface area contributed by atoms with Gasteiger partial charge in [0.15, 0.2) is 0 Å². The third-order valence-electron chi connectivity index (χ3n) is 3.91. The molecular weight excluding hydrogens is 292 g/mol. The highest BCUT2D eigenvalue weighted by molar-refractivity contribution is 7.11. The van der Waals surface area contributed by atoms with Crippen LogP contribution in [0.25, 0.3) is 0 Å². The van der Waals surface area contributed by atoms with Crippen molar-refractivity contribution in [3.8, 4) is 0 Å². The summed E-state index contributed by atoms with van der Waals surface area (Å²) in [5, 5.41) is 4.75. The van der Waals surface area contributed by atoms with Gasteiger partial charge in [-0.05, 0) is 38.5 Å². The Labute approximate surface area is 136 Å². The summed E-state index contributed by atoms with van der Waals surface area (Å²) < 4.78 is 0. The SMILES string of the molecule is Cc1nc2c(c(NCc3cnc(CC(C)C)s3)n1)CCCC2. The van der Waals surface area contributed by atoms with Crippen LogP contribution >= 0.6 is 11.3 Å². The fourth-order valence-corrected chi connectivity index (χ4v) is 3.98. The molecule has 1 N–H and O–H groups in total. The van der Waals surface area contributed by atoms with Crippen molar-refractivity contribution in [2.75, 3.05) is 5.32 Å². The molecule has 0 saturated carbocycles. The Kier molecular flexibility index (Phi) is 4.71. The number of hydrogen-bond acceptors (Lipinski definition) is 5. The summed E-state index contributed by atoms with van der Waals surface area (Å²) in [6.07, 6.45) is 7.73. The number of hydrogen-bond donors (Lipinski definition) is 1. The summed E-state index contributed by atoms with van der Waals surface area (Å²) in [5.74, 6) is 2.55. The van der Waals surface area contributed by atoms with E-state index in [2.05, 4.69) is 34.1 Å². The predicted molar refractivity (Wildman–Crippen MR) is 91.4 cm³/mol. The van der Waals surface area contributed by atoms with E-state index in [0.29, 0.717) is 5.92 Å². The number of aromatic nitrogens is 3. The monoisotopic (exact) mass is 316 g/mol. The molecule has 2 aromatic heterocycles. The molecule has 5 heteroatoms. The molecular formula is C17H24N4S. The Balaban J connectivity index is 1.71. The van der Waals surface area contributed by atoms with E-state index in [4.69, 9.17) is 0 Å². The average Bonchev–Trinajstić information content (AvgIpc) is 2.91. The summed E-state index contributed by atoms with van der Waals surface area (Å²) in [6, 6.07) is 0. The first kappa shape index (κ1) is 15.4. The molecule has 4 nitrogen and oxygen atoms in total. The van der Waals surface area contributed by atoms with Crippen LogP contribution in [0, 0.1) is 12.8 Å². The van der Waals surface area contributed by atoms with Crippen LogP contribution < -0.4 is 5.32 Å². The Morgan fingerprint density at radius 3 is 2.86 bits per heavy atom. The van der Waals surface area contributed by atoms with E-state index in [-0.39, 0.29) is 0 Å². The van der Waals surface area contributed by atoms with Crippen molar-refractivity contribution >= 4 is 17.2 Å². The van der Waals surface area contributed by atoms with Crippen LogP contribution in [0.3, 0.4) is 0 Å². The minimum absolute atomic E-state index is 0.656. The van der Waals surface area contributed by atoms with Gasteiger partial charge in [0, 0.05) is 28.8 Å². The van der Waals surface area contributed by atoms with Crippen LogP contribution in [-0.2, 0) is 25.8 Å². The Morgan fingerprint density at radius 1 is 1.23 bits per heavy atom. The van der Waals surface area contributed by atoms with Crippen LogP contribution in [0.2, 0.25) is 0 Å². The van der Waals surface area contributed by atoms with Crippen molar-refractivity contribution in [2.45, 2.75) is 59.4 Å². The third kappa shape index (κ3) is 3.64. The number of rotatable bonds is 5. The van der Waals surface area contributed by atoms with Crippen molar-refractivity contribution in [1.82, 2.24) is 15.0 Å². The molecule has 0 bridgehead atoms. The number of aryl methyl sites for hydroxylation is 2. The minimum Gasteiger partial charge on any atom is -0.365 e. The molecule has 0 spiro atoms. The molecule has 2 heterocycles. The second-order valence-electron chi connectivity index (χ2n) is 6.42. The molecule has 0 amide bonds. The molecule has 0 saturated heterocycles. The second-order valence-corrected chi connectivity index (χ2v) is 7.62. The molecule has 1 aliphatic rings. The first-order valence-electron chi connectivity index (χ1n) is 8.15. The van der Waals surface area contributed by atoms with Crippen molar-refractivity contribution in [2.24, 2.45) is 5.92 Å². The second kappa shape index (κ2) is 6.73. The Bertz CT molecular complexity index is 648. The molecule has 22 heavy (non-hydrogen) atoms. The van der Waals surface area contributed by atoms with E-state index in [0.717, 1.165) is 37.4 Å². The molecule has 3 rings (SSSR count). The van der Waals surface area contributed by atoms with E-state index in [9.17, 15) is 0 Å². The summed E-state index contributed by atoms with van der Waals surface area (Å²) in [7, 11) is 0. The zero-order valence-corrected chi connectivity index (χ0v) is 14.5. The van der Waals surface area contributed by atoms with E-state index in [1.165, 1.54) is 34.0 Å². The zero-order valence-electron chi connectivity index (χ0n) is 13.6. The lowest BCUT2D eigenvalue weighted by Gasteiger charge is -2.19. The molecule has 1 aliphatic carbocycles. The summed E-state index contributed by atoms with van der Waals surface area (Å²) in [4.78, 5) is 15.0. The van der Waals surface area contributed by atoms with Crippen molar-refractivity contribution in [3.63, 3.8) is 0 Å². The molecule has 2 aromatic rings. The van der Waals surface area contributed by atoms with Gasteiger partial charge in [0.05, 0.1) is 11.6 Å². The highest BCUT2D eigenvalue weighted by atomic mass is 32.1. The lowest BCUT2D eigenvalue weighted by atomic mass is 9.96. The highest BCUT2D eigenvalue weighted by Gasteiger charge is 2.16. The van der Waals surface area contributed by atoms with Gasteiger partial charge in [-0.2, -0.15) is 0 Å². The summed E-state index contributed by atoms with van der Waals surface area (Å²) in [5.41, 5.74) is 2.56. The van der Waals surface area contributed by atoms with E-state index >= 15 is 0 Å². The van der Waals surface area contributed by atoms with Crippen LogP contribution in [-0.4, -0.2) is 15.0 Å². The Morgan fingerprint density at radius 2 is 2.05 bits per heavy atom. The maximum atomic E-state index is 4.62. The van der Waals surface area contributed by atoms with Crippen molar-refractivity contribution in [3.05, 3.63) is 33.2 Å². The average molecular weight is 316 g/mol. The largest absolute Gasteiger partial charge is 0.365 e. The summed E-state index contributed by atoms with van der Waals surface area (Å²) in [6.45, 7) is 7.25. The van der Waals surface area contributed by atoms with Crippen LogP contribution in [0.4, 0.5) is 5.82 Å². The van der Waals surface area contributed by atoms with Gasteiger partial charge >= 0.3 is 0 Å². The van der Waals surface area contributed by atoms with Gasteiger partial charge in [0.2, 0.25) is 0 Å². The maximum Gasteiger partial charge on any atom is 0.133 e. The third-order valence-corrected chi connectivity index (χ3v) is 4.93. The number of fused-ring (bicyclic) bond motifs is 1. The van der Waals surface area contributed by atoms with Gasteiger partial charge in [-0.25, -0.2) is 15.0 Å². The lowest BCUT2D eigenvalue weighted by molar-refractivity contribution is 0.644. The fraction of sp³-hybridized carbons (Fsp3) is 0.588. The smallest absolute Gasteiger partial charge is 0.133 e. The molecule has 0 atom stereocenters. The standard InChI is InChI=1S/C17H24N4S/c1-11(2)8-16-18-9-13(22-16)10-19-17-14-6-4-5-7-15(14)20-12(3)21-17/h9,11H,4-8,10H2,1-3H3,(H,19,20,21). The van der Waals surface area contributed by atoms with Crippen LogP contribution in [0.15, 0.2) is 6.20 Å². The molecule has 118 valence electrons. The molecule has 0 aromatic carbocycles. The van der Waals surface area contributed by atoms with Crippen LogP contribution in [0.1, 0.15) is 53.7 Å². The molecule has 0 radical (unpaired) electrons. The first-order valence-corrected chi connectivity index (χ1v) is 8.97. The van der Waals surface area contributed by atoms with E-state index < -0.39 is 0 Å². The number of thiazole rings is 1. The van der Waals surface area contributed by atoms with Gasteiger partial charge in [0.25, 0.3) is 0 Å². The number of nitrogens with one attached hydrogen (secondary N) is 1. The van der Waals surface area contributed by atoms with Crippen molar-refractivity contribution in [1.29, 1.82) is 0 Å². The van der Waals surface area contributed by atoms with Gasteiger partial charge < -0.3 is 5.32 Å². The van der Waals surface area contributed by atoms with Gasteiger partial charge in [0.1, 0.15) is 11.6 Å². The topological polar surface area (TPSA) is 50.7 Å². The van der Waals surface area contributed by atoms with Gasteiger partial charge in [-0.1, -0.05) is 13.8 Å². The van der Waals surface area contributed by atoms with E-state index in [1.807, 2.05) is 13.1 Å². The lowest BCUT2D eigenvalue weighted by Crippen LogP contribution is -2.13. The van der Waals surface area contributed by atoms with Crippen molar-refractivity contribution < 1.29 is 0 Å². The van der Waals surface area contributed by atoms with Crippen LogP contribution in [0.5, 0.6) is 0 Å². The molecule has 0 aliphatic heterocycles. The number of anilines is 1. The Hall–Kier alpha value is -1.49. The molecule has 0 unspecified atom stereocenters. The fourth-order valence-electron chi connectivity index (χ4n) is 2.91. The molecule has 0 fully saturated rings. The summed E-state index contributed by atoms with van der Waals surface area (Å²) >= 11 is 1.81. The maximum absolute atomic E-state index is 4.62. The zero-order chi connectivity index (χ0) is 15.5. The van der Waals surface area contributed by atoms with Gasteiger partial charge in [-0.3, -0.25) is 0 Å². The minimum atomic E-state index is 0.656.